The molecule has 10 heteroatoms. The number of allylic oxidation sites excluding steroid dienone is 1. The molecule has 0 radical (unpaired) electrons. The van der Waals surface area contributed by atoms with Gasteiger partial charge in [-0.05, 0) is 25.3 Å². The van der Waals surface area contributed by atoms with Crippen molar-refractivity contribution in [3.63, 3.8) is 0 Å². The molecule has 1 N–H and O–H groups in total. The fourth-order valence-electron chi connectivity index (χ4n) is 4.50. The van der Waals surface area contributed by atoms with Crippen LogP contribution < -0.4 is 10.2 Å². The summed E-state index contributed by atoms with van der Waals surface area (Å²) in [7, 11) is 0. The van der Waals surface area contributed by atoms with E-state index in [2.05, 4.69) is 31.9 Å². The number of piperidine rings is 1. The van der Waals surface area contributed by atoms with Crippen molar-refractivity contribution in [3.8, 4) is 0 Å². The Labute approximate surface area is 182 Å². The largest absolute Gasteiger partial charge is 0.358 e. The monoisotopic (exact) mass is 436 g/mol. The Morgan fingerprint density at radius 1 is 1.16 bits per heavy atom. The van der Waals surface area contributed by atoms with E-state index in [0.717, 1.165) is 11.3 Å². The fraction of sp³-hybridized carbons (Fsp3) is 0.364. The van der Waals surface area contributed by atoms with Gasteiger partial charge in [-0.1, -0.05) is 6.58 Å². The molecule has 1 saturated carbocycles. The van der Waals surface area contributed by atoms with E-state index in [-0.39, 0.29) is 6.54 Å². The summed E-state index contributed by atoms with van der Waals surface area (Å²) in [4.78, 5) is 15.0. The average molecular weight is 436 g/mol. The molecule has 1 spiro atoms. The van der Waals surface area contributed by atoms with E-state index in [1.54, 1.807) is 28.2 Å². The molecule has 0 aromatic carbocycles. The van der Waals surface area contributed by atoms with Crippen LogP contribution in [0.2, 0.25) is 0 Å². The number of hydrogen-bond acceptors (Lipinski definition) is 6. The number of fused-ring (bicyclic) bond motifs is 2. The van der Waals surface area contributed by atoms with Crippen LogP contribution in [0, 0.1) is 5.41 Å². The van der Waals surface area contributed by atoms with Crippen LogP contribution in [0.5, 0.6) is 0 Å². The molecule has 1 saturated heterocycles. The molecule has 164 valence electrons. The minimum absolute atomic E-state index is 0.314. The lowest BCUT2D eigenvalue weighted by molar-refractivity contribution is -0.0795. The van der Waals surface area contributed by atoms with Gasteiger partial charge in [0.1, 0.15) is 17.0 Å². The van der Waals surface area contributed by atoms with Crippen LogP contribution in [0.15, 0.2) is 55.4 Å². The Morgan fingerprint density at radius 3 is 2.84 bits per heavy atom. The SMILES string of the molecule is C=C(Cn1ncc2ncc(N3CCC4(CC4)C(F)(F)C3)nc21)Nc1ccn2ccnc2c1. The number of nitrogens with zero attached hydrogens (tertiary/aromatic N) is 7. The highest BCUT2D eigenvalue weighted by molar-refractivity contribution is 5.71. The Balaban J connectivity index is 1.21. The molecule has 0 amide bonds. The molecule has 2 fully saturated rings. The van der Waals surface area contributed by atoms with Gasteiger partial charge >= 0.3 is 0 Å². The number of nitrogens with one attached hydrogen (secondary N) is 1. The molecule has 0 atom stereocenters. The third-order valence-electron chi connectivity index (χ3n) is 6.60. The van der Waals surface area contributed by atoms with Gasteiger partial charge < -0.3 is 14.6 Å². The van der Waals surface area contributed by atoms with E-state index in [4.69, 9.17) is 0 Å². The van der Waals surface area contributed by atoms with E-state index in [0.29, 0.717) is 55.0 Å². The van der Waals surface area contributed by atoms with Gasteiger partial charge in [-0.3, -0.25) is 0 Å². The Kier molecular flexibility index (Phi) is 4.02. The molecule has 0 unspecified atom stereocenters. The third kappa shape index (κ3) is 3.09. The van der Waals surface area contributed by atoms with Crippen LogP contribution >= 0.6 is 0 Å². The predicted molar refractivity (Wildman–Crippen MR) is 117 cm³/mol. The maximum absolute atomic E-state index is 14.6. The van der Waals surface area contributed by atoms with Gasteiger partial charge in [0.15, 0.2) is 5.65 Å². The van der Waals surface area contributed by atoms with Gasteiger partial charge in [-0.2, -0.15) is 5.10 Å². The van der Waals surface area contributed by atoms with Crippen LogP contribution in [0.4, 0.5) is 20.3 Å². The average Bonchev–Trinajstić information content (AvgIpc) is 3.24. The Bertz CT molecular complexity index is 1340. The first-order chi connectivity index (χ1) is 15.4. The fourth-order valence-corrected chi connectivity index (χ4v) is 4.50. The lowest BCUT2D eigenvalue weighted by atomic mass is 9.89. The first kappa shape index (κ1) is 19.1. The second-order valence-electron chi connectivity index (χ2n) is 8.73. The maximum atomic E-state index is 14.6. The molecule has 1 aliphatic carbocycles. The van der Waals surface area contributed by atoms with Gasteiger partial charge in [0.2, 0.25) is 0 Å². The molecule has 8 nitrogen and oxygen atoms in total. The number of pyridine rings is 1. The first-order valence-corrected chi connectivity index (χ1v) is 10.6. The molecule has 5 heterocycles. The number of halogens is 2. The normalized spacial score (nSPS) is 19.0. The van der Waals surface area contributed by atoms with Crippen LogP contribution in [0.3, 0.4) is 0 Å². The van der Waals surface area contributed by atoms with Gasteiger partial charge in [-0.25, -0.2) is 28.4 Å². The van der Waals surface area contributed by atoms with Crippen LogP contribution in [-0.4, -0.2) is 48.1 Å². The number of rotatable bonds is 5. The molecule has 32 heavy (non-hydrogen) atoms. The van der Waals surface area contributed by atoms with E-state index in [9.17, 15) is 8.78 Å². The van der Waals surface area contributed by atoms with Crippen molar-refractivity contribution in [1.82, 2.24) is 29.1 Å². The van der Waals surface area contributed by atoms with Gasteiger partial charge in [-0.15, -0.1) is 0 Å². The van der Waals surface area contributed by atoms with Gasteiger partial charge in [0, 0.05) is 48.0 Å². The summed E-state index contributed by atoms with van der Waals surface area (Å²) in [6, 6.07) is 3.86. The summed E-state index contributed by atoms with van der Waals surface area (Å²) in [6.45, 7) is 4.71. The van der Waals surface area contributed by atoms with Crippen molar-refractivity contribution in [2.45, 2.75) is 31.7 Å². The second-order valence-corrected chi connectivity index (χ2v) is 8.73. The lowest BCUT2D eigenvalue weighted by Gasteiger charge is -2.39. The summed E-state index contributed by atoms with van der Waals surface area (Å²) < 4.78 is 32.9. The van der Waals surface area contributed by atoms with E-state index in [1.165, 1.54) is 0 Å². The summed E-state index contributed by atoms with van der Waals surface area (Å²) in [5, 5.41) is 7.64. The van der Waals surface area contributed by atoms with E-state index < -0.39 is 11.3 Å². The summed E-state index contributed by atoms with van der Waals surface area (Å²) in [6.07, 6.45) is 10.4. The molecule has 1 aliphatic heterocycles. The first-order valence-electron chi connectivity index (χ1n) is 10.6. The summed E-state index contributed by atoms with van der Waals surface area (Å²) in [5.74, 6) is -2.24. The van der Waals surface area contributed by atoms with E-state index >= 15 is 0 Å². The molecule has 4 aromatic heterocycles. The van der Waals surface area contributed by atoms with Crippen molar-refractivity contribution in [1.29, 1.82) is 0 Å². The Morgan fingerprint density at radius 2 is 2.03 bits per heavy atom. The maximum Gasteiger partial charge on any atom is 0.270 e. The highest BCUT2D eigenvalue weighted by atomic mass is 19.3. The lowest BCUT2D eigenvalue weighted by Crippen LogP contribution is -2.50. The minimum Gasteiger partial charge on any atom is -0.358 e. The van der Waals surface area contributed by atoms with Gasteiger partial charge in [0.05, 0.1) is 25.5 Å². The topological polar surface area (TPSA) is 76.2 Å². The number of aromatic nitrogens is 6. The molecular weight excluding hydrogens is 414 g/mol. The highest BCUT2D eigenvalue weighted by Crippen LogP contribution is 2.61. The number of anilines is 2. The van der Waals surface area contributed by atoms with Crippen LogP contribution in [0.25, 0.3) is 16.8 Å². The predicted octanol–water partition coefficient (Wildman–Crippen LogP) is 3.73. The number of imidazole rings is 1. The molecule has 4 aromatic rings. The smallest absolute Gasteiger partial charge is 0.270 e. The standard InChI is InChI=1S/C22H22F2N8/c1-15(28-16-2-7-30-9-6-25-18(30)10-16)13-32-20-17(11-27-32)26-12-19(29-20)31-8-5-21(3-4-21)22(23,24)14-31/h2,6-7,9-12,28H,1,3-5,8,13-14H2. The quantitative estimate of drug-likeness (QED) is 0.514. The van der Waals surface area contributed by atoms with Crippen LogP contribution in [-0.2, 0) is 6.54 Å². The molecular formula is C22H22F2N8. The van der Waals surface area contributed by atoms with Crippen molar-refractivity contribution in [2.24, 2.45) is 5.41 Å². The van der Waals surface area contributed by atoms with Crippen molar-refractivity contribution in [2.75, 3.05) is 23.3 Å². The van der Waals surface area contributed by atoms with E-state index in [1.807, 2.05) is 28.9 Å². The molecule has 0 bridgehead atoms. The van der Waals surface area contributed by atoms with Crippen molar-refractivity contribution < 1.29 is 8.78 Å². The van der Waals surface area contributed by atoms with Crippen LogP contribution in [0.1, 0.15) is 19.3 Å². The summed E-state index contributed by atoms with van der Waals surface area (Å²) >= 11 is 0. The zero-order valence-corrected chi connectivity index (χ0v) is 17.4. The third-order valence-corrected chi connectivity index (χ3v) is 6.60. The number of hydrogen-bond donors (Lipinski definition) is 1. The zero-order chi connectivity index (χ0) is 21.9. The van der Waals surface area contributed by atoms with Crippen molar-refractivity contribution in [3.05, 3.63) is 55.4 Å². The Hall–Kier alpha value is -3.56. The van der Waals surface area contributed by atoms with Gasteiger partial charge in [0.25, 0.3) is 5.92 Å². The number of alkyl halides is 2. The second kappa shape index (κ2) is 6.72. The van der Waals surface area contributed by atoms with Crippen molar-refractivity contribution >= 4 is 28.3 Å². The summed E-state index contributed by atoms with van der Waals surface area (Å²) in [5.41, 5.74) is 2.77. The highest BCUT2D eigenvalue weighted by Gasteiger charge is 2.63. The zero-order valence-electron chi connectivity index (χ0n) is 17.4. The molecule has 2 aliphatic rings. The molecule has 6 rings (SSSR count). The minimum atomic E-state index is -2.70.